The molecule has 0 unspecified atom stereocenters. The molecular formula is C25H27FN4O4. The summed E-state index contributed by atoms with van der Waals surface area (Å²) in [6.07, 6.45) is 3.54. The minimum atomic E-state index is -0.431. The van der Waals surface area contributed by atoms with Gasteiger partial charge in [-0.3, -0.25) is 14.7 Å². The van der Waals surface area contributed by atoms with E-state index in [-0.39, 0.29) is 18.3 Å². The van der Waals surface area contributed by atoms with Crippen molar-refractivity contribution in [2.75, 3.05) is 50.8 Å². The van der Waals surface area contributed by atoms with Crippen molar-refractivity contribution in [3.05, 3.63) is 63.9 Å². The van der Waals surface area contributed by atoms with Gasteiger partial charge in [-0.15, -0.1) is 0 Å². The number of anilines is 1. The fourth-order valence-corrected chi connectivity index (χ4v) is 4.48. The third-order valence-electron chi connectivity index (χ3n) is 6.30. The van der Waals surface area contributed by atoms with Gasteiger partial charge >= 0.3 is 5.76 Å². The van der Waals surface area contributed by atoms with Gasteiger partial charge in [0.05, 0.1) is 16.8 Å². The second kappa shape index (κ2) is 9.72. The van der Waals surface area contributed by atoms with E-state index < -0.39 is 5.76 Å². The van der Waals surface area contributed by atoms with Gasteiger partial charge in [-0.2, -0.15) is 0 Å². The van der Waals surface area contributed by atoms with Gasteiger partial charge in [-0.05, 0) is 55.8 Å². The summed E-state index contributed by atoms with van der Waals surface area (Å²) >= 11 is 0. The average molecular weight is 467 g/mol. The molecule has 1 amide bonds. The molecule has 1 fully saturated rings. The number of aromatic nitrogens is 1. The number of nitrogens with one attached hydrogen (secondary N) is 2. The lowest BCUT2D eigenvalue weighted by atomic mass is 10.1. The van der Waals surface area contributed by atoms with Crippen molar-refractivity contribution in [3.8, 4) is 5.75 Å². The molecule has 9 heteroatoms. The third kappa shape index (κ3) is 4.84. The number of piperazine rings is 1. The van der Waals surface area contributed by atoms with Crippen LogP contribution in [0.2, 0.25) is 0 Å². The first-order valence-electron chi connectivity index (χ1n) is 11.6. The Morgan fingerprint density at radius 3 is 2.82 bits per heavy atom. The van der Waals surface area contributed by atoms with Gasteiger partial charge in [0.2, 0.25) is 0 Å². The number of oxazole rings is 1. The number of rotatable bonds is 7. The number of aromatic amines is 1. The number of hydrogen-bond donors (Lipinski definition) is 2. The Morgan fingerprint density at radius 1 is 1.12 bits per heavy atom. The molecule has 3 aromatic rings. The Morgan fingerprint density at radius 2 is 1.97 bits per heavy atom. The molecule has 34 heavy (non-hydrogen) atoms. The predicted octanol–water partition coefficient (Wildman–Crippen LogP) is 2.75. The molecule has 0 spiro atoms. The number of nitrogens with zero attached hydrogens (tertiary/aromatic N) is 2. The van der Waals surface area contributed by atoms with Crippen molar-refractivity contribution in [2.45, 2.75) is 12.8 Å². The zero-order valence-corrected chi connectivity index (χ0v) is 18.8. The highest BCUT2D eigenvalue weighted by atomic mass is 19.1. The lowest BCUT2D eigenvalue weighted by Crippen LogP contribution is -2.46. The maximum atomic E-state index is 13.4. The molecule has 178 valence electrons. The summed E-state index contributed by atoms with van der Waals surface area (Å²) in [6.45, 7) is 5.32. The zero-order valence-electron chi connectivity index (χ0n) is 18.8. The predicted molar refractivity (Wildman–Crippen MR) is 128 cm³/mol. The Hall–Kier alpha value is -3.59. The second-order valence-corrected chi connectivity index (χ2v) is 8.60. The first-order valence-corrected chi connectivity index (χ1v) is 11.6. The minimum absolute atomic E-state index is 0.172. The first kappa shape index (κ1) is 22.2. The van der Waals surface area contributed by atoms with Gasteiger partial charge < -0.3 is 19.4 Å². The van der Waals surface area contributed by atoms with Crippen LogP contribution in [-0.2, 0) is 4.79 Å². The molecule has 1 saturated heterocycles. The Kier molecular flexibility index (Phi) is 6.35. The van der Waals surface area contributed by atoms with Crippen LogP contribution in [-0.4, -0.2) is 61.7 Å². The van der Waals surface area contributed by atoms with Crippen molar-refractivity contribution in [1.82, 2.24) is 15.2 Å². The maximum absolute atomic E-state index is 13.4. The largest absolute Gasteiger partial charge is 0.488 e. The first-order chi connectivity index (χ1) is 16.6. The molecule has 3 heterocycles. The van der Waals surface area contributed by atoms with Crippen LogP contribution in [0.4, 0.5) is 10.1 Å². The lowest BCUT2D eigenvalue weighted by molar-refractivity contribution is -0.117. The van der Waals surface area contributed by atoms with E-state index in [0.29, 0.717) is 29.0 Å². The number of halogens is 1. The van der Waals surface area contributed by atoms with Crippen molar-refractivity contribution in [3.63, 3.8) is 0 Å². The number of benzene rings is 2. The van der Waals surface area contributed by atoms with E-state index in [9.17, 15) is 14.0 Å². The maximum Gasteiger partial charge on any atom is 0.417 e. The number of ether oxygens (including phenoxy) is 1. The fraction of sp³-hybridized carbons (Fsp3) is 0.360. The summed E-state index contributed by atoms with van der Waals surface area (Å²) in [5, 5.41) is 2.94. The van der Waals surface area contributed by atoms with Gasteiger partial charge in [-0.25, -0.2) is 9.18 Å². The van der Waals surface area contributed by atoms with Crippen LogP contribution in [0.1, 0.15) is 18.4 Å². The Balaban J connectivity index is 1.04. The number of carbonyl (C=O) groups is 1. The van der Waals surface area contributed by atoms with Gasteiger partial charge in [0.1, 0.15) is 18.2 Å². The normalized spacial score (nSPS) is 16.1. The van der Waals surface area contributed by atoms with Crippen LogP contribution in [0.15, 0.2) is 51.2 Å². The summed E-state index contributed by atoms with van der Waals surface area (Å²) < 4.78 is 24.3. The number of amides is 1. The van der Waals surface area contributed by atoms with Crippen LogP contribution in [0, 0.1) is 5.82 Å². The van der Waals surface area contributed by atoms with Gasteiger partial charge in [0.15, 0.2) is 5.58 Å². The molecule has 5 rings (SSSR count). The van der Waals surface area contributed by atoms with Crippen molar-refractivity contribution in [1.29, 1.82) is 0 Å². The Labute approximate surface area is 196 Å². The smallest absolute Gasteiger partial charge is 0.417 e. The van der Waals surface area contributed by atoms with Crippen molar-refractivity contribution >= 4 is 28.8 Å². The molecule has 2 aromatic carbocycles. The summed E-state index contributed by atoms with van der Waals surface area (Å²) in [4.78, 5) is 31.3. The Bertz CT molecular complexity index is 1270. The quantitative estimate of drug-likeness (QED) is 0.521. The molecule has 0 saturated carbocycles. The summed E-state index contributed by atoms with van der Waals surface area (Å²) in [5.41, 5.74) is 3.38. The summed E-state index contributed by atoms with van der Waals surface area (Å²) in [7, 11) is 0. The number of H-pyrrole nitrogens is 1. The molecule has 2 aliphatic rings. The molecule has 0 atom stereocenters. The van der Waals surface area contributed by atoms with Crippen molar-refractivity contribution < 1.29 is 18.3 Å². The molecule has 2 N–H and O–H groups in total. The topological polar surface area (TPSA) is 90.8 Å². The van der Waals surface area contributed by atoms with E-state index in [2.05, 4.69) is 20.1 Å². The van der Waals surface area contributed by atoms with Crippen LogP contribution in [0.25, 0.3) is 17.2 Å². The van der Waals surface area contributed by atoms with E-state index in [1.54, 1.807) is 12.1 Å². The van der Waals surface area contributed by atoms with E-state index >= 15 is 0 Å². The van der Waals surface area contributed by atoms with Crippen LogP contribution >= 0.6 is 0 Å². The van der Waals surface area contributed by atoms with Crippen LogP contribution < -0.4 is 20.7 Å². The fourth-order valence-electron chi connectivity index (χ4n) is 4.48. The van der Waals surface area contributed by atoms with Gasteiger partial charge in [-0.1, -0.05) is 6.07 Å². The molecule has 8 nitrogen and oxygen atoms in total. The molecule has 1 aromatic heterocycles. The number of fused-ring (bicyclic) bond motifs is 2. The standard InChI is InChI=1S/C25H27FN4O4/c26-19-6-7-22-17(15-19)14-18(16-33-22)24(31)27-8-1-2-9-29-10-12-30(13-11-29)21-5-3-4-20-23(21)34-25(32)28-20/h3-7,14-15H,1-2,8-13,16H2,(H,27,31)(H,28,32). The van der Waals surface area contributed by atoms with E-state index in [1.165, 1.54) is 12.1 Å². The second-order valence-electron chi connectivity index (χ2n) is 8.60. The van der Waals surface area contributed by atoms with Crippen LogP contribution in [0.5, 0.6) is 5.75 Å². The van der Waals surface area contributed by atoms with Crippen molar-refractivity contribution in [2.24, 2.45) is 0 Å². The minimum Gasteiger partial charge on any atom is -0.488 e. The van der Waals surface area contributed by atoms with E-state index in [1.807, 2.05) is 18.2 Å². The number of para-hydroxylation sites is 1. The highest BCUT2D eigenvalue weighted by molar-refractivity contribution is 5.99. The van der Waals surface area contributed by atoms with Gasteiger partial charge in [0.25, 0.3) is 5.91 Å². The number of carbonyl (C=O) groups excluding carboxylic acids is 1. The highest BCUT2D eigenvalue weighted by Gasteiger charge is 2.20. The molecule has 0 bridgehead atoms. The zero-order chi connectivity index (χ0) is 23.5. The van der Waals surface area contributed by atoms with E-state index in [0.717, 1.165) is 56.8 Å². The lowest BCUT2D eigenvalue weighted by Gasteiger charge is -2.36. The van der Waals surface area contributed by atoms with Crippen LogP contribution in [0.3, 0.4) is 0 Å². The summed E-state index contributed by atoms with van der Waals surface area (Å²) in [5.74, 6) is -0.366. The molecule has 2 aliphatic heterocycles. The highest BCUT2D eigenvalue weighted by Crippen LogP contribution is 2.27. The number of unbranched alkanes of at least 4 members (excludes halogenated alkanes) is 1. The monoisotopic (exact) mass is 466 g/mol. The van der Waals surface area contributed by atoms with Gasteiger partial charge in [0, 0.05) is 38.3 Å². The third-order valence-corrected chi connectivity index (χ3v) is 6.30. The average Bonchev–Trinajstić information content (AvgIpc) is 3.24. The number of hydrogen-bond acceptors (Lipinski definition) is 6. The summed E-state index contributed by atoms with van der Waals surface area (Å²) in [6, 6.07) is 10.0. The van der Waals surface area contributed by atoms with E-state index in [4.69, 9.17) is 9.15 Å². The molecular weight excluding hydrogens is 439 g/mol. The molecule has 0 aliphatic carbocycles. The SMILES string of the molecule is O=C(NCCCCN1CCN(c2cccc3[nH]c(=O)oc23)CC1)C1=Cc2cc(F)ccc2OC1. The molecule has 0 radical (unpaired) electrons.